The lowest BCUT2D eigenvalue weighted by Gasteiger charge is -2.14. The van der Waals surface area contributed by atoms with E-state index in [2.05, 4.69) is 26.5 Å². The number of nitrogens with zero attached hydrogens (tertiary/aromatic N) is 2. The number of nitro groups is 1. The third-order valence-electron chi connectivity index (χ3n) is 4.58. The minimum absolute atomic E-state index is 0.00916. The number of hydrogen-bond acceptors (Lipinski definition) is 6. The molecule has 0 aliphatic rings. The minimum atomic E-state index is -0.458. The molecule has 0 fully saturated rings. The van der Waals surface area contributed by atoms with Gasteiger partial charge in [-0.2, -0.15) is 5.10 Å². The lowest BCUT2D eigenvalue weighted by molar-refractivity contribution is -0.384. The van der Waals surface area contributed by atoms with Crippen molar-refractivity contribution in [2.75, 3.05) is 6.61 Å². The molecule has 0 heterocycles. The normalized spacial score (nSPS) is 10.8. The number of ether oxygens (including phenoxy) is 2. The number of hydrogen-bond donors (Lipinski definition) is 1. The second kappa shape index (κ2) is 11.9. The predicted octanol–water partition coefficient (Wildman–Crippen LogP) is 5.17. The molecule has 3 rings (SSSR count). The van der Waals surface area contributed by atoms with E-state index < -0.39 is 4.92 Å². The number of carbonyl (C=O) groups excluding carboxylic acids is 1. The second-order valence-corrected chi connectivity index (χ2v) is 7.92. The van der Waals surface area contributed by atoms with Gasteiger partial charge in [0, 0.05) is 22.2 Å². The fraction of sp³-hybridized carbons (Fsp3) is 0.167. The molecule has 176 valence electrons. The number of rotatable bonds is 10. The minimum Gasteiger partial charge on any atom is -0.490 e. The smallest absolute Gasteiger partial charge is 0.269 e. The van der Waals surface area contributed by atoms with E-state index in [1.807, 2.05) is 6.92 Å². The molecular weight excluding hydrogens is 509 g/mol. The van der Waals surface area contributed by atoms with Gasteiger partial charge in [0.15, 0.2) is 11.5 Å². The molecule has 0 saturated carbocycles. The Bertz CT molecular complexity index is 1180. The molecular formula is C24H21BrFN3O5. The SMILES string of the molecule is CCOc1cc(/C=N/NC(=O)Cc2ccc(F)cc2)c(Br)cc1OCc1ccc([N+](=O)[O-])cc1. The van der Waals surface area contributed by atoms with E-state index in [0.717, 1.165) is 5.56 Å². The average Bonchev–Trinajstić information content (AvgIpc) is 2.81. The van der Waals surface area contributed by atoms with Gasteiger partial charge in [-0.1, -0.05) is 12.1 Å². The van der Waals surface area contributed by atoms with Crippen molar-refractivity contribution < 1.29 is 23.6 Å². The summed E-state index contributed by atoms with van der Waals surface area (Å²) in [6, 6.07) is 15.2. The standard InChI is InChI=1S/C24H21BrFN3O5/c1-2-33-22-12-18(14-27-28-24(30)11-16-3-7-19(26)8-4-16)21(25)13-23(22)34-15-17-5-9-20(10-6-17)29(31)32/h3-10,12-14H,2,11,15H2,1H3,(H,28,30)/b27-14+. The van der Waals surface area contributed by atoms with E-state index in [4.69, 9.17) is 9.47 Å². The maximum Gasteiger partial charge on any atom is 0.269 e. The fourth-order valence-corrected chi connectivity index (χ4v) is 3.33. The van der Waals surface area contributed by atoms with Crippen LogP contribution in [0.4, 0.5) is 10.1 Å². The van der Waals surface area contributed by atoms with Gasteiger partial charge in [-0.3, -0.25) is 14.9 Å². The third-order valence-corrected chi connectivity index (χ3v) is 5.26. The van der Waals surface area contributed by atoms with E-state index in [0.29, 0.717) is 33.7 Å². The van der Waals surface area contributed by atoms with E-state index >= 15 is 0 Å². The monoisotopic (exact) mass is 529 g/mol. The molecule has 0 radical (unpaired) electrons. The molecule has 0 spiro atoms. The molecule has 3 aromatic carbocycles. The first-order valence-corrected chi connectivity index (χ1v) is 11.0. The highest BCUT2D eigenvalue weighted by Gasteiger charge is 2.12. The van der Waals surface area contributed by atoms with Gasteiger partial charge in [-0.15, -0.1) is 0 Å². The predicted molar refractivity (Wildman–Crippen MR) is 129 cm³/mol. The molecule has 0 aliphatic heterocycles. The molecule has 10 heteroatoms. The number of non-ortho nitro benzene ring substituents is 1. The summed E-state index contributed by atoms with van der Waals surface area (Å²) in [5, 5.41) is 14.8. The number of hydrazone groups is 1. The van der Waals surface area contributed by atoms with Crippen LogP contribution in [0.1, 0.15) is 23.6 Å². The third kappa shape index (κ3) is 7.11. The summed E-state index contributed by atoms with van der Waals surface area (Å²) in [6.45, 7) is 2.43. The Hall–Kier alpha value is -3.79. The van der Waals surface area contributed by atoms with Gasteiger partial charge >= 0.3 is 0 Å². The number of amides is 1. The van der Waals surface area contributed by atoms with Gasteiger partial charge in [0.2, 0.25) is 5.91 Å². The van der Waals surface area contributed by atoms with E-state index in [9.17, 15) is 19.3 Å². The summed E-state index contributed by atoms with van der Waals surface area (Å²) in [5.74, 6) is 0.251. The summed E-state index contributed by atoms with van der Waals surface area (Å²) in [7, 11) is 0. The Kier molecular flexibility index (Phi) is 8.69. The lowest BCUT2D eigenvalue weighted by Crippen LogP contribution is -2.19. The molecule has 0 aromatic heterocycles. The van der Waals surface area contributed by atoms with Crippen molar-refractivity contribution in [3.63, 3.8) is 0 Å². The van der Waals surface area contributed by atoms with Gasteiger partial charge in [-0.05, 0) is 70.4 Å². The summed E-state index contributed by atoms with van der Waals surface area (Å²) >= 11 is 3.46. The molecule has 8 nitrogen and oxygen atoms in total. The van der Waals surface area contributed by atoms with Gasteiger partial charge in [0.05, 0.1) is 24.2 Å². The first-order chi connectivity index (χ1) is 16.4. The van der Waals surface area contributed by atoms with Gasteiger partial charge in [0.1, 0.15) is 12.4 Å². The van der Waals surface area contributed by atoms with Gasteiger partial charge < -0.3 is 9.47 Å². The Morgan fingerprint density at radius 3 is 2.38 bits per heavy atom. The molecule has 0 atom stereocenters. The first kappa shape index (κ1) is 24.8. The topological polar surface area (TPSA) is 103 Å². The van der Waals surface area contributed by atoms with Crippen molar-refractivity contribution in [2.24, 2.45) is 5.10 Å². The molecule has 1 amide bonds. The van der Waals surface area contributed by atoms with Crippen LogP contribution in [0.2, 0.25) is 0 Å². The molecule has 0 unspecified atom stereocenters. The zero-order valence-corrected chi connectivity index (χ0v) is 19.7. The van der Waals surface area contributed by atoms with Crippen LogP contribution in [0, 0.1) is 15.9 Å². The molecule has 3 aromatic rings. The zero-order valence-electron chi connectivity index (χ0n) is 18.2. The first-order valence-electron chi connectivity index (χ1n) is 10.2. The molecule has 0 bridgehead atoms. The highest BCUT2D eigenvalue weighted by atomic mass is 79.9. The van der Waals surface area contributed by atoms with Crippen LogP contribution in [0.3, 0.4) is 0 Å². The summed E-state index contributed by atoms with van der Waals surface area (Å²) in [4.78, 5) is 22.4. The van der Waals surface area contributed by atoms with E-state index in [1.54, 1.807) is 36.4 Å². The van der Waals surface area contributed by atoms with Crippen molar-refractivity contribution in [2.45, 2.75) is 20.0 Å². The van der Waals surface area contributed by atoms with Crippen molar-refractivity contribution in [1.29, 1.82) is 0 Å². The van der Waals surface area contributed by atoms with Crippen LogP contribution >= 0.6 is 15.9 Å². The summed E-state index contributed by atoms with van der Waals surface area (Å²) < 4.78 is 25.2. The number of nitrogens with one attached hydrogen (secondary N) is 1. The highest BCUT2D eigenvalue weighted by molar-refractivity contribution is 9.10. The van der Waals surface area contributed by atoms with E-state index in [-0.39, 0.29) is 30.4 Å². The van der Waals surface area contributed by atoms with Crippen molar-refractivity contribution in [1.82, 2.24) is 5.43 Å². The van der Waals surface area contributed by atoms with Crippen molar-refractivity contribution in [3.05, 3.63) is 97.8 Å². The van der Waals surface area contributed by atoms with Crippen LogP contribution < -0.4 is 14.9 Å². The maximum atomic E-state index is 13.0. The molecule has 0 saturated heterocycles. The zero-order chi connectivity index (χ0) is 24.5. The molecule has 0 aliphatic carbocycles. The average molecular weight is 530 g/mol. The van der Waals surface area contributed by atoms with Crippen molar-refractivity contribution in [3.8, 4) is 11.5 Å². The van der Waals surface area contributed by atoms with Crippen molar-refractivity contribution >= 4 is 33.7 Å². The Morgan fingerprint density at radius 2 is 1.74 bits per heavy atom. The Morgan fingerprint density at radius 1 is 1.09 bits per heavy atom. The highest BCUT2D eigenvalue weighted by Crippen LogP contribution is 2.34. The van der Waals surface area contributed by atoms with Gasteiger partial charge in [0.25, 0.3) is 5.69 Å². The lowest BCUT2D eigenvalue weighted by atomic mass is 10.1. The largest absolute Gasteiger partial charge is 0.490 e. The second-order valence-electron chi connectivity index (χ2n) is 7.06. The van der Waals surface area contributed by atoms with Gasteiger partial charge in [-0.25, -0.2) is 9.82 Å². The molecule has 34 heavy (non-hydrogen) atoms. The number of halogens is 2. The van der Waals surface area contributed by atoms with Crippen LogP contribution in [0.15, 0.2) is 70.2 Å². The summed E-state index contributed by atoms with van der Waals surface area (Å²) in [5.41, 5.74) is 4.53. The number of carbonyl (C=O) groups is 1. The van der Waals surface area contributed by atoms with E-state index in [1.165, 1.54) is 30.5 Å². The van der Waals surface area contributed by atoms with Crippen LogP contribution in [-0.4, -0.2) is 23.7 Å². The summed E-state index contributed by atoms with van der Waals surface area (Å²) in [6.07, 6.45) is 1.54. The molecule has 1 N–H and O–H groups in total. The quantitative estimate of drug-likeness (QED) is 0.222. The van der Waals surface area contributed by atoms with Crippen LogP contribution in [-0.2, 0) is 17.8 Å². The Labute approximate surface area is 203 Å². The maximum absolute atomic E-state index is 13.0. The Balaban J connectivity index is 1.65. The van der Waals surface area contributed by atoms with Crippen LogP contribution in [0.5, 0.6) is 11.5 Å². The fourth-order valence-electron chi connectivity index (χ4n) is 2.91. The number of benzene rings is 3. The number of nitro benzene ring substituents is 1. The van der Waals surface area contributed by atoms with Crippen LogP contribution in [0.25, 0.3) is 0 Å².